The lowest BCUT2D eigenvalue weighted by Crippen LogP contribution is -2.06. The number of nitrogens with zero attached hydrogens (tertiary/aromatic N) is 1. The molecule has 3 nitrogen and oxygen atoms in total. The third kappa shape index (κ3) is 2.97. The highest BCUT2D eigenvalue weighted by Gasteiger charge is 2.57. The first-order chi connectivity index (χ1) is 10.4. The van der Waals surface area contributed by atoms with Gasteiger partial charge in [-0.15, -0.1) is 0 Å². The second-order valence-corrected chi connectivity index (χ2v) is 5.62. The van der Waals surface area contributed by atoms with Crippen molar-refractivity contribution in [3.63, 3.8) is 0 Å². The van der Waals surface area contributed by atoms with E-state index in [1.807, 2.05) is 0 Å². The summed E-state index contributed by atoms with van der Waals surface area (Å²) < 4.78 is 44.2. The minimum atomic E-state index is -2.62. The van der Waals surface area contributed by atoms with E-state index in [9.17, 15) is 13.2 Å². The number of hydrogen-bond acceptors (Lipinski definition) is 3. The summed E-state index contributed by atoms with van der Waals surface area (Å²) in [6.07, 6.45) is 1.29. The Morgan fingerprint density at radius 1 is 1.36 bits per heavy atom. The maximum absolute atomic E-state index is 13.5. The van der Waals surface area contributed by atoms with Crippen molar-refractivity contribution in [1.29, 1.82) is 0 Å². The van der Waals surface area contributed by atoms with Crippen molar-refractivity contribution in [2.24, 2.45) is 5.92 Å². The zero-order valence-electron chi connectivity index (χ0n) is 11.3. The predicted octanol–water partition coefficient (Wildman–Crippen LogP) is 4.16. The normalized spacial score (nSPS) is 19.0. The average Bonchev–Trinajstić information content (AvgIpc) is 3.09. The molecule has 3 rings (SSSR count). The van der Waals surface area contributed by atoms with Crippen LogP contribution in [0.25, 0.3) is 11.1 Å². The fourth-order valence-electron chi connectivity index (χ4n) is 2.04. The summed E-state index contributed by atoms with van der Waals surface area (Å²) in [5, 5.41) is 0.298. The van der Waals surface area contributed by atoms with Gasteiger partial charge in [-0.1, -0.05) is 11.6 Å². The number of anilines is 1. The van der Waals surface area contributed by atoms with Crippen LogP contribution in [0.3, 0.4) is 0 Å². The van der Waals surface area contributed by atoms with Crippen LogP contribution < -0.4 is 10.5 Å². The van der Waals surface area contributed by atoms with E-state index in [0.29, 0.717) is 16.1 Å². The first-order valence-corrected chi connectivity index (χ1v) is 6.96. The van der Waals surface area contributed by atoms with E-state index < -0.39 is 17.7 Å². The van der Waals surface area contributed by atoms with Crippen LogP contribution in [0.2, 0.25) is 5.02 Å². The minimum absolute atomic E-state index is 0.0352. The molecule has 1 aromatic carbocycles. The SMILES string of the molecule is Nc1cc(Cl)c(-c2ccc(OC[C@H]3CC3(F)F)nc2)cc1F. The topological polar surface area (TPSA) is 48.1 Å². The zero-order valence-corrected chi connectivity index (χ0v) is 12.1. The molecule has 2 N–H and O–H groups in total. The average molecular weight is 329 g/mol. The molecule has 0 spiro atoms. The van der Waals surface area contributed by atoms with Crippen molar-refractivity contribution in [3.05, 3.63) is 41.3 Å². The summed E-state index contributed by atoms with van der Waals surface area (Å²) >= 11 is 6.03. The number of nitrogens with two attached hydrogens (primary N) is 1. The molecule has 0 radical (unpaired) electrons. The molecule has 1 aliphatic rings. The van der Waals surface area contributed by atoms with Crippen molar-refractivity contribution in [3.8, 4) is 17.0 Å². The van der Waals surface area contributed by atoms with E-state index >= 15 is 0 Å². The fraction of sp³-hybridized carbons (Fsp3) is 0.267. The molecule has 1 saturated carbocycles. The van der Waals surface area contributed by atoms with Gasteiger partial charge in [-0.05, 0) is 18.2 Å². The summed E-state index contributed by atoms with van der Waals surface area (Å²) in [7, 11) is 0. The van der Waals surface area contributed by atoms with Gasteiger partial charge in [0.2, 0.25) is 5.88 Å². The molecular formula is C15H12ClF3N2O. The number of nitrogen functional groups attached to an aromatic ring is 1. The summed E-state index contributed by atoms with van der Waals surface area (Å²) in [5.74, 6) is -3.70. The second-order valence-electron chi connectivity index (χ2n) is 5.21. The number of rotatable bonds is 4. The predicted molar refractivity (Wildman–Crippen MR) is 77.6 cm³/mol. The van der Waals surface area contributed by atoms with Crippen molar-refractivity contribution >= 4 is 17.3 Å². The van der Waals surface area contributed by atoms with Crippen LogP contribution in [-0.4, -0.2) is 17.5 Å². The van der Waals surface area contributed by atoms with E-state index in [0.717, 1.165) is 0 Å². The number of pyridine rings is 1. The number of benzene rings is 1. The van der Waals surface area contributed by atoms with Crippen LogP contribution >= 0.6 is 11.6 Å². The minimum Gasteiger partial charge on any atom is -0.477 e. The standard InChI is InChI=1S/C15H12ClF3N2O/c16-11-4-13(20)12(17)3-10(11)8-1-2-14(21-6-8)22-7-9-5-15(9,18)19/h1-4,6,9H,5,7,20H2/t9-/m1/s1. The van der Waals surface area contributed by atoms with Crippen LogP contribution in [0.15, 0.2) is 30.5 Å². The van der Waals surface area contributed by atoms with Crippen LogP contribution in [0.1, 0.15) is 6.42 Å². The molecule has 0 unspecified atom stereocenters. The summed E-state index contributed by atoms with van der Waals surface area (Å²) in [4.78, 5) is 4.02. The number of halogens is 4. The summed E-state index contributed by atoms with van der Waals surface area (Å²) in [6, 6.07) is 5.70. The molecule has 1 aliphatic carbocycles. The van der Waals surface area contributed by atoms with Crippen LogP contribution in [0.5, 0.6) is 5.88 Å². The molecule has 1 fully saturated rings. The Kier molecular flexibility index (Phi) is 3.64. The number of hydrogen-bond donors (Lipinski definition) is 1. The summed E-state index contributed by atoms with van der Waals surface area (Å²) in [5.41, 5.74) is 6.42. The first-order valence-electron chi connectivity index (χ1n) is 6.58. The maximum atomic E-state index is 13.5. The smallest absolute Gasteiger partial charge is 0.255 e. The van der Waals surface area contributed by atoms with Gasteiger partial charge in [0.15, 0.2) is 0 Å². The van der Waals surface area contributed by atoms with Crippen LogP contribution in [-0.2, 0) is 0 Å². The Labute approximate surface area is 129 Å². The number of alkyl halides is 2. The molecule has 22 heavy (non-hydrogen) atoms. The highest BCUT2D eigenvalue weighted by atomic mass is 35.5. The Hall–Kier alpha value is -1.95. The molecule has 1 atom stereocenters. The van der Waals surface area contributed by atoms with Gasteiger partial charge in [0.1, 0.15) is 5.82 Å². The van der Waals surface area contributed by atoms with Crippen molar-refractivity contribution in [1.82, 2.24) is 4.98 Å². The molecule has 2 aromatic rings. The molecule has 0 amide bonds. The van der Waals surface area contributed by atoms with E-state index in [1.165, 1.54) is 24.4 Å². The van der Waals surface area contributed by atoms with Crippen molar-refractivity contribution in [2.45, 2.75) is 12.3 Å². The lowest BCUT2D eigenvalue weighted by Gasteiger charge is -2.08. The van der Waals surface area contributed by atoms with E-state index in [1.54, 1.807) is 6.07 Å². The Morgan fingerprint density at radius 3 is 2.68 bits per heavy atom. The molecule has 116 valence electrons. The van der Waals surface area contributed by atoms with Crippen molar-refractivity contribution in [2.75, 3.05) is 12.3 Å². The molecular weight excluding hydrogens is 317 g/mol. The monoisotopic (exact) mass is 328 g/mol. The highest BCUT2D eigenvalue weighted by molar-refractivity contribution is 6.33. The Bertz CT molecular complexity index is 707. The van der Waals surface area contributed by atoms with Gasteiger partial charge in [-0.3, -0.25) is 0 Å². The highest BCUT2D eigenvalue weighted by Crippen LogP contribution is 2.48. The summed E-state index contributed by atoms with van der Waals surface area (Å²) in [6.45, 7) is -0.0728. The number of ether oxygens (including phenoxy) is 1. The molecule has 0 saturated heterocycles. The third-order valence-corrected chi connectivity index (χ3v) is 3.83. The Morgan fingerprint density at radius 2 is 2.09 bits per heavy atom. The van der Waals surface area contributed by atoms with E-state index in [4.69, 9.17) is 22.1 Å². The zero-order chi connectivity index (χ0) is 15.9. The van der Waals surface area contributed by atoms with Gasteiger partial charge >= 0.3 is 0 Å². The lowest BCUT2D eigenvalue weighted by molar-refractivity contribution is 0.0850. The van der Waals surface area contributed by atoms with Crippen molar-refractivity contribution < 1.29 is 17.9 Å². The Balaban J connectivity index is 1.73. The maximum Gasteiger partial charge on any atom is 0.255 e. The molecule has 0 aliphatic heterocycles. The third-order valence-electron chi connectivity index (χ3n) is 3.52. The molecule has 7 heteroatoms. The quantitative estimate of drug-likeness (QED) is 0.857. The lowest BCUT2D eigenvalue weighted by atomic mass is 10.1. The van der Waals surface area contributed by atoms with E-state index in [2.05, 4.69) is 4.98 Å². The molecule has 0 bridgehead atoms. The van der Waals surface area contributed by atoms with Gasteiger partial charge in [0, 0.05) is 29.8 Å². The molecule has 1 heterocycles. The molecule has 1 aromatic heterocycles. The van der Waals surface area contributed by atoms with Gasteiger partial charge in [0.25, 0.3) is 5.92 Å². The van der Waals surface area contributed by atoms with Gasteiger partial charge in [-0.2, -0.15) is 0 Å². The largest absolute Gasteiger partial charge is 0.477 e. The van der Waals surface area contributed by atoms with Gasteiger partial charge in [0.05, 0.1) is 23.2 Å². The second kappa shape index (κ2) is 5.35. The van der Waals surface area contributed by atoms with Gasteiger partial charge in [-0.25, -0.2) is 18.2 Å². The fourth-order valence-corrected chi connectivity index (χ4v) is 2.33. The van der Waals surface area contributed by atoms with Crippen LogP contribution in [0, 0.1) is 11.7 Å². The van der Waals surface area contributed by atoms with E-state index in [-0.39, 0.29) is 24.6 Å². The van der Waals surface area contributed by atoms with Crippen LogP contribution in [0.4, 0.5) is 18.9 Å². The van der Waals surface area contributed by atoms with Gasteiger partial charge < -0.3 is 10.5 Å². The number of aromatic nitrogens is 1. The first kappa shape index (κ1) is 15.0.